The maximum atomic E-state index is 9.96. The molecule has 0 rings (SSSR count). The number of hydrogen-bond donors (Lipinski definition) is 0. The molecule has 0 aromatic carbocycles. The summed E-state index contributed by atoms with van der Waals surface area (Å²) in [4.78, 5) is 12.4. The van der Waals surface area contributed by atoms with Gasteiger partial charge in [-0.2, -0.15) is 0 Å². The Morgan fingerprint density at radius 2 is 1.67 bits per heavy atom. The number of unbranched alkanes of at least 4 members (excludes halogenated alkanes) is 1. The van der Waals surface area contributed by atoms with Crippen molar-refractivity contribution in [1.29, 1.82) is 0 Å². The van der Waals surface area contributed by atoms with Crippen LogP contribution in [0.5, 0.6) is 0 Å². The van der Waals surface area contributed by atoms with Crippen LogP contribution in [0.15, 0.2) is 0 Å². The van der Waals surface area contributed by atoms with Crippen molar-refractivity contribution in [2.75, 3.05) is 19.6 Å². The highest BCUT2D eigenvalue weighted by Crippen LogP contribution is 1.97. The fourth-order valence-corrected chi connectivity index (χ4v) is 1.34. The van der Waals surface area contributed by atoms with Crippen LogP contribution in [0.3, 0.4) is 0 Å². The lowest BCUT2D eigenvalue weighted by Gasteiger charge is -2.19. The number of rotatable bonds is 8. The molecule has 0 aliphatic carbocycles. The molecule has 12 heavy (non-hydrogen) atoms. The van der Waals surface area contributed by atoms with Gasteiger partial charge in [0.1, 0.15) is 0 Å². The maximum absolute atomic E-state index is 9.96. The van der Waals surface area contributed by atoms with Crippen molar-refractivity contribution in [3.63, 3.8) is 0 Å². The lowest BCUT2D eigenvalue weighted by molar-refractivity contribution is 0.272. The van der Waals surface area contributed by atoms with E-state index < -0.39 is 0 Å². The van der Waals surface area contributed by atoms with E-state index in [-0.39, 0.29) is 0 Å². The van der Waals surface area contributed by atoms with Crippen LogP contribution in [0.2, 0.25) is 0 Å². The molecule has 0 aromatic rings. The smallest absolute Gasteiger partial charge is 0.198 e. The summed E-state index contributed by atoms with van der Waals surface area (Å²) in [5.41, 5.74) is 0. The SMILES string of the molecule is CCCN(CCC)CCC[C]=O. The Bertz CT molecular complexity index is 98.0. The number of carbonyl (C=O) groups excluding carboxylic acids is 1. The van der Waals surface area contributed by atoms with Gasteiger partial charge in [0.2, 0.25) is 0 Å². The Morgan fingerprint density at radius 3 is 2.08 bits per heavy atom. The fourth-order valence-electron chi connectivity index (χ4n) is 1.34. The topological polar surface area (TPSA) is 20.3 Å². The minimum absolute atomic E-state index is 0.587. The summed E-state index contributed by atoms with van der Waals surface area (Å²) in [5.74, 6) is 0. The molecule has 0 aliphatic rings. The quantitative estimate of drug-likeness (QED) is 0.519. The summed E-state index contributed by atoms with van der Waals surface area (Å²) in [7, 11) is 0. The highest BCUT2D eigenvalue weighted by Gasteiger charge is 2.00. The van der Waals surface area contributed by atoms with Gasteiger partial charge >= 0.3 is 0 Å². The van der Waals surface area contributed by atoms with Gasteiger partial charge in [-0.05, 0) is 38.9 Å². The molecule has 2 nitrogen and oxygen atoms in total. The molecule has 0 bridgehead atoms. The van der Waals surface area contributed by atoms with Gasteiger partial charge in [0.25, 0.3) is 0 Å². The van der Waals surface area contributed by atoms with Crippen molar-refractivity contribution >= 4 is 6.29 Å². The van der Waals surface area contributed by atoms with Crippen molar-refractivity contribution in [1.82, 2.24) is 4.90 Å². The lowest BCUT2D eigenvalue weighted by Crippen LogP contribution is -2.26. The standard InChI is InChI=1S/C10H20NO/c1-3-7-11(8-4-2)9-5-6-10-12/h3-9H2,1-2H3. The molecule has 0 amide bonds. The Hall–Kier alpha value is -0.370. The van der Waals surface area contributed by atoms with Crippen LogP contribution in [0.25, 0.3) is 0 Å². The highest BCUT2D eigenvalue weighted by atomic mass is 16.1. The summed E-state index contributed by atoms with van der Waals surface area (Å²) in [5, 5.41) is 0. The lowest BCUT2D eigenvalue weighted by atomic mass is 10.3. The van der Waals surface area contributed by atoms with E-state index in [1.165, 1.54) is 12.8 Å². The molecule has 0 unspecified atom stereocenters. The maximum Gasteiger partial charge on any atom is 0.198 e. The zero-order valence-corrected chi connectivity index (χ0v) is 8.31. The van der Waals surface area contributed by atoms with E-state index in [2.05, 4.69) is 18.7 Å². The molecule has 0 N–H and O–H groups in total. The van der Waals surface area contributed by atoms with E-state index in [9.17, 15) is 4.79 Å². The Labute approximate surface area is 75.9 Å². The first-order valence-corrected chi connectivity index (χ1v) is 4.92. The Balaban J connectivity index is 3.40. The molecular formula is C10H20NO. The molecular weight excluding hydrogens is 150 g/mol. The molecule has 0 spiro atoms. The van der Waals surface area contributed by atoms with Crippen molar-refractivity contribution in [2.24, 2.45) is 0 Å². The third kappa shape index (κ3) is 6.35. The summed E-state index contributed by atoms with van der Waals surface area (Å²) in [6.07, 6.45) is 5.88. The normalized spacial score (nSPS) is 10.6. The van der Waals surface area contributed by atoms with Crippen LogP contribution in [0.1, 0.15) is 39.5 Å². The van der Waals surface area contributed by atoms with Crippen LogP contribution in [0.4, 0.5) is 0 Å². The molecule has 0 atom stereocenters. The molecule has 71 valence electrons. The summed E-state index contributed by atoms with van der Waals surface area (Å²) < 4.78 is 0. The average molecular weight is 170 g/mol. The second kappa shape index (κ2) is 8.72. The summed E-state index contributed by atoms with van der Waals surface area (Å²) >= 11 is 0. The van der Waals surface area contributed by atoms with E-state index in [4.69, 9.17) is 0 Å². The molecule has 0 aliphatic heterocycles. The van der Waals surface area contributed by atoms with Crippen LogP contribution in [-0.4, -0.2) is 30.8 Å². The zero-order chi connectivity index (χ0) is 9.23. The number of nitrogens with zero attached hydrogens (tertiary/aromatic N) is 1. The zero-order valence-electron chi connectivity index (χ0n) is 8.31. The third-order valence-corrected chi connectivity index (χ3v) is 1.83. The third-order valence-electron chi connectivity index (χ3n) is 1.83. The second-order valence-electron chi connectivity index (χ2n) is 3.09. The average Bonchev–Trinajstić information content (AvgIpc) is 2.06. The van der Waals surface area contributed by atoms with Gasteiger partial charge in [-0.15, -0.1) is 0 Å². The molecule has 0 aromatic heterocycles. The first-order valence-electron chi connectivity index (χ1n) is 4.92. The van der Waals surface area contributed by atoms with Crippen molar-refractivity contribution in [2.45, 2.75) is 39.5 Å². The Morgan fingerprint density at radius 1 is 1.08 bits per heavy atom. The van der Waals surface area contributed by atoms with Crippen molar-refractivity contribution in [3.8, 4) is 0 Å². The monoisotopic (exact) mass is 170 g/mol. The largest absolute Gasteiger partial charge is 0.303 e. The summed E-state index contributed by atoms with van der Waals surface area (Å²) in [6, 6.07) is 0. The van der Waals surface area contributed by atoms with Gasteiger partial charge in [-0.25, -0.2) is 0 Å². The van der Waals surface area contributed by atoms with Gasteiger partial charge < -0.3 is 4.90 Å². The van der Waals surface area contributed by atoms with Gasteiger partial charge in [0.15, 0.2) is 6.29 Å². The summed E-state index contributed by atoms with van der Waals surface area (Å²) in [6.45, 7) is 7.75. The van der Waals surface area contributed by atoms with E-state index >= 15 is 0 Å². The first-order chi connectivity index (χ1) is 5.85. The number of hydrogen-bond acceptors (Lipinski definition) is 2. The minimum Gasteiger partial charge on any atom is -0.303 e. The molecule has 1 radical (unpaired) electrons. The molecule has 2 heteroatoms. The predicted octanol–water partition coefficient (Wildman–Crippen LogP) is 2.00. The predicted molar refractivity (Wildman–Crippen MR) is 51.9 cm³/mol. The van der Waals surface area contributed by atoms with Gasteiger partial charge in [0, 0.05) is 6.42 Å². The van der Waals surface area contributed by atoms with Gasteiger partial charge in [-0.1, -0.05) is 13.8 Å². The van der Waals surface area contributed by atoms with Gasteiger partial charge in [-0.3, -0.25) is 4.79 Å². The van der Waals surface area contributed by atoms with Crippen LogP contribution in [0, 0.1) is 0 Å². The van der Waals surface area contributed by atoms with E-state index in [1.54, 1.807) is 0 Å². The van der Waals surface area contributed by atoms with E-state index in [0.29, 0.717) is 6.42 Å². The van der Waals surface area contributed by atoms with Crippen LogP contribution in [-0.2, 0) is 4.79 Å². The van der Waals surface area contributed by atoms with E-state index in [1.807, 2.05) is 6.29 Å². The van der Waals surface area contributed by atoms with E-state index in [0.717, 1.165) is 26.1 Å². The Kier molecular flexibility index (Phi) is 8.46. The fraction of sp³-hybridized carbons (Fsp3) is 0.900. The highest BCUT2D eigenvalue weighted by molar-refractivity contribution is 5.50. The first kappa shape index (κ1) is 11.6. The van der Waals surface area contributed by atoms with Crippen molar-refractivity contribution in [3.05, 3.63) is 0 Å². The second-order valence-corrected chi connectivity index (χ2v) is 3.09. The van der Waals surface area contributed by atoms with Crippen LogP contribution < -0.4 is 0 Å². The molecule has 0 saturated carbocycles. The molecule has 0 fully saturated rings. The van der Waals surface area contributed by atoms with Crippen LogP contribution >= 0.6 is 0 Å². The van der Waals surface area contributed by atoms with Gasteiger partial charge in [0.05, 0.1) is 0 Å². The molecule has 0 saturated heterocycles. The molecule has 0 heterocycles. The minimum atomic E-state index is 0.587. The van der Waals surface area contributed by atoms with Crippen molar-refractivity contribution < 1.29 is 4.79 Å².